The van der Waals surface area contributed by atoms with E-state index >= 15 is 0 Å². The molecule has 1 aliphatic heterocycles. The van der Waals surface area contributed by atoms with E-state index in [0.717, 1.165) is 10.0 Å². The largest absolute Gasteiger partial charge is 0.496 e. The van der Waals surface area contributed by atoms with Crippen molar-refractivity contribution in [3.8, 4) is 5.75 Å². The van der Waals surface area contributed by atoms with Gasteiger partial charge in [-0.15, -0.1) is 0 Å². The number of rotatable bonds is 5. The number of carbonyl (C=O) groups is 2. The summed E-state index contributed by atoms with van der Waals surface area (Å²) in [5.41, 5.74) is 3.23. The summed E-state index contributed by atoms with van der Waals surface area (Å²) in [5, 5.41) is 3.16. The van der Waals surface area contributed by atoms with Crippen LogP contribution in [0.1, 0.15) is 11.1 Å². The number of halogens is 1. The summed E-state index contributed by atoms with van der Waals surface area (Å²) < 4.78 is 6.33. The summed E-state index contributed by atoms with van der Waals surface area (Å²) in [5.74, 6) is -0.285. The zero-order valence-electron chi connectivity index (χ0n) is 16.5. The molecular weight excluding hydrogens is 444 g/mol. The minimum atomic E-state index is -0.411. The lowest BCUT2D eigenvalue weighted by Crippen LogP contribution is -2.32. The average molecular weight is 463 g/mol. The molecule has 3 aromatic carbocycles. The fourth-order valence-electron chi connectivity index (χ4n) is 3.46. The molecule has 1 N–H and O–H groups in total. The lowest BCUT2D eigenvalue weighted by atomic mass is 10.0. The first kappa shape index (κ1) is 19.9. The molecule has 3 aromatic rings. The summed E-state index contributed by atoms with van der Waals surface area (Å²) in [6, 6.07) is 21.9. The van der Waals surface area contributed by atoms with Gasteiger partial charge in [0.15, 0.2) is 0 Å². The number of carbonyl (C=O) groups excluding carboxylic acids is 2. The highest BCUT2D eigenvalue weighted by Gasteiger charge is 2.41. The molecule has 0 saturated heterocycles. The molecule has 0 spiro atoms. The predicted molar refractivity (Wildman–Crippen MR) is 121 cm³/mol. The second-order valence-corrected chi connectivity index (χ2v) is 7.79. The second kappa shape index (κ2) is 8.16. The van der Waals surface area contributed by atoms with Gasteiger partial charge in [-0.25, -0.2) is 4.90 Å². The van der Waals surface area contributed by atoms with Gasteiger partial charge in [-0.2, -0.15) is 0 Å². The molecule has 5 nitrogen and oxygen atoms in total. The van der Waals surface area contributed by atoms with Crippen molar-refractivity contribution in [2.75, 3.05) is 17.3 Å². The third kappa shape index (κ3) is 3.62. The van der Waals surface area contributed by atoms with Gasteiger partial charge in [-0.3, -0.25) is 9.59 Å². The average Bonchev–Trinajstić information content (AvgIpc) is 2.97. The minimum Gasteiger partial charge on any atom is -0.496 e. The molecule has 30 heavy (non-hydrogen) atoms. The van der Waals surface area contributed by atoms with Crippen LogP contribution in [0.5, 0.6) is 5.75 Å². The number of para-hydroxylation sites is 1. The monoisotopic (exact) mass is 462 g/mol. The number of methoxy groups -OCH3 is 1. The van der Waals surface area contributed by atoms with Crippen molar-refractivity contribution in [1.29, 1.82) is 0 Å². The van der Waals surface area contributed by atoms with Crippen LogP contribution in [0, 0.1) is 6.92 Å². The van der Waals surface area contributed by atoms with Crippen LogP contribution in [0.15, 0.2) is 83.0 Å². The molecule has 0 bridgehead atoms. The summed E-state index contributed by atoms with van der Waals surface area (Å²) in [7, 11) is 1.54. The van der Waals surface area contributed by atoms with Crippen LogP contribution >= 0.6 is 15.9 Å². The number of anilines is 2. The van der Waals surface area contributed by atoms with Crippen molar-refractivity contribution < 1.29 is 14.3 Å². The minimum absolute atomic E-state index is 0.212. The Morgan fingerprint density at radius 1 is 0.900 bits per heavy atom. The predicted octanol–water partition coefficient (Wildman–Crippen LogP) is 5.16. The van der Waals surface area contributed by atoms with Gasteiger partial charge >= 0.3 is 0 Å². The number of nitrogens with zero attached hydrogens (tertiary/aromatic N) is 1. The highest BCUT2D eigenvalue weighted by molar-refractivity contribution is 9.10. The number of amides is 2. The molecule has 4 rings (SSSR count). The van der Waals surface area contributed by atoms with Crippen LogP contribution < -0.4 is 15.0 Å². The standard InChI is InChI=1S/C24H19BrN2O3/c1-15-7-5-10-18(13-15)27-23(28)21(19-11-3-4-12-20(19)30-2)22(24(27)29)26-17-9-6-8-16(25)14-17/h3-14,26H,1-2H3. The lowest BCUT2D eigenvalue weighted by Gasteiger charge is -2.16. The third-order valence-corrected chi connectivity index (χ3v) is 5.31. The smallest absolute Gasteiger partial charge is 0.282 e. The van der Waals surface area contributed by atoms with Crippen LogP contribution in [-0.4, -0.2) is 18.9 Å². The maximum Gasteiger partial charge on any atom is 0.282 e. The molecule has 150 valence electrons. The maximum atomic E-state index is 13.5. The Labute approximate surface area is 183 Å². The van der Waals surface area contributed by atoms with Crippen molar-refractivity contribution in [1.82, 2.24) is 0 Å². The van der Waals surface area contributed by atoms with Crippen LogP contribution in [0.25, 0.3) is 5.57 Å². The van der Waals surface area contributed by atoms with E-state index in [2.05, 4.69) is 21.2 Å². The van der Waals surface area contributed by atoms with E-state index in [9.17, 15) is 9.59 Å². The first-order valence-electron chi connectivity index (χ1n) is 9.35. The second-order valence-electron chi connectivity index (χ2n) is 6.87. The fraction of sp³-hybridized carbons (Fsp3) is 0.0833. The van der Waals surface area contributed by atoms with Crippen molar-refractivity contribution in [3.05, 3.63) is 94.1 Å². The van der Waals surface area contributed by atoms with E-state index in [-0.39, 0.29) is 11.3 Å². The Hall–Kier alpha value is -3.38. The fourth-order valence-corrected chi connectivity index (χ4v) is 3.86. The molecule has 0 aliphatic carbocycles. The molecule has 0 saturated carbocycles. The van der Waals surface area contributed by atoms with E-state index in [0.29, 0.717) is 22.7 Å². The Balaban J connectivity index is 1.87. The van der Waals surface area contributed by atoms with Gasteiger partial charge in [0.25, 0.3) is 11.8 Å². The number of hydrogen-bond acceptors (Lipinski definition) is 4. The van der Waals surface area contributed by atoms with Crippen molar-refractivity contribution >= 4 is 44.7 Å². The molecule has 0 unspecified atom stereocenters. The topological polar surface area (TPSA) is 58.6 Å². The Morgan fingerprint density at radius 2 is 1.67 bits per heavy atom. The SMILES string of the molecule is COc1ccccc1C1=C(Nc2cccc(Br)c2)C(=O)N(c2cccc(C)c2)C1=O. The van der Waals surface area contributed by atoms with Crippen LogP contribution in [0.4, 0.5) is 11.4 Å². The Morgan fingerprint density at radius 3 is 2.40 bits per heavy atom. The highest BCUT2D eigenvalue weighted by Crippen LogP contribution is 2.37. The first-order valence-corrected chi connectivity index (χ1v) is 10.1. The molecule has 0 atom stereocenters. The molecule has 0 radical (unpaired) electrons. The van der Waals surface area contributed by atoms with Gasteiger partial charge in [0.2, 0.25) is 0 Å². The van der Waals surface area contributed by atoms with Crippen molar-refractivity contribution in [2.45, 2.75) is 6.92 Å². The van der Waals surface area contributed by atoms with Gasteiger partial charge in [-0.1, -0.05) is 52.3 Å². The van der Waals surface area contributed by atoms with Crippen LogP contribution in [0.2, 0.25) is 0 Å². The van der Waals surface area contributed by atoms with Gasteiger partial charge in [-0.05, 0) is 48.9 Å². The van der Waals surface area contributed by atoms with Crippen molar-refractivity contribution in [2.24, 2.45) is 0 Å². The number of benzene rings is 3. The van der Waals surface area contributed by atoms with E-state index < -0.39 is 11.8 Å². The Bertz CT molecular complexity index is 1190. The summed E-state index contributed by atoms with van der Waals surface area (Å²) in [6.45, 7) is 1.92. The van der Waals surface area contributed by atoms with Crippen LogP contribution in [0.3, 0.4) is 0 Å². The van der Waals surface area contributed by atoms with Gasteiger partial charge in [0.05, 0.1) is 18.4 Å². The molecule has 0 aromatic heterocycles. The molecular formula is C24H19BrN2O3. The number of imide groups is 1. The third-order valence-electron chi connectivity index (χ3n) is 4.81. The van der Waals surface area contributed by atoms with E-state index in [1.165, 1.54) is 4.90 Å². The summed E-state index contributed by atoms with van der Waals surface area (Å²) in [4.78, 5) is 28.1. The highest BCUT2D eigenvalue weighted by atomic mass is 79.9. The lowest BCUT2D eigenvalue weighted by molar-refractivity contribution is -0.120. The summed E-state index contributed by atoms with van der Waals surface area (Å²) in [6.07, 6.45) is 0. The zero-order chi connectivity index (χ0) is 21.3. The first-order chi connectivity index (χ1) is 14.5. The van der Waals surface area contributed by atoms with Gasteiger partial charge in [0, 0.05) is 15.7 Å². The molecule has 0 fully saturated rings. The zero-order valence-corrected chi connectivity index (χ0v) is 18.1. The maximum absolute atomic E-state index is 13.5. The quantitative estimate of drug-likeness (QED) is 0.531. The van der Waals surface area contributed by atoms with Gasteiger partial charge in [0.1, 0.15) is 11.4 Å². The van der Waals surface area contributed by atoms with Crippen molar-refractivity contribution in [3.63, 3.8) is 0 Å². The van der Waals surface area contributed by atoms with Crippen LogP contribution in [-0.2, 0) is 9.59 Å². The molecule has 1 aliphatic rings. The Kier molecular flexibility index (Phi) is 5.42. The number of nitrogens with one attached hydrogen (secondary N) is 1. The summed E-state index contributed by atoms with van der Waals surface area (Å²) >= 11 is 3.44. The number of hydrogen-bond donors (Lipinski definition) is 1. The molecule has 2 amide bonds. The van der Waals surface area contributed by atoms with E-state index in [1.807, 2.05) is 61.5 Å². The normalized spacial score (nSPS) is 13.8. The van der Waals surface area contributed by atoms with E-state index in [1.54, 1.807) is 25.3 Å². The van der Waals surface area contributed by atoms with E-state index in [4.69, 9.17) is 4.74 Å². The number of ether oxygens (including phenoxy) is 1. The number of aryl methyl sites for hydroxylation is 1. The molecule has 1 heterocycles. The molecule has 6 heteroatoms. The van der Waals surface area contributed by atoms with Gasteiger partial charge < -0.3 is 10.1 Å².